The van der Waals surface area contributed by atoms with E-state index in [4.69, 9.17) is 9.26 Å². The van der Waals surface area contributed by atoms with Crippen LogP contribution in [0.5, 0.6) is 5.75 Å². The minimum absolute atomic E-state index is 0.0957. The normalized spacial score (nSPS) is 17.3. The van der Waals surface area contributed by atoms with E-state index >= 15 is 0 Å². The highest BCUT2D eigenvalue weighted by Gasteiger charge is 2.37. The number of carbonyl (C=O) groups excluding carboxylic acids is 1. The van der Waals surface area contributed by atoms with E-state index < -0.39 is 10.0 Å². The number of para-hydroxylation sites is 2. The fourth-order valence-corrected chi connectivity index (χ4v) is 7.92. The number of aryl methyl sites for hydroxylation is 4. The molecular formula is C32H40N4O5S. The first kappa shape index (κ1) is 29.8. The number of methoxy groups -OCH3 is 1. The Morgan fingerprint density at radius 1 is 0.952 bits per heavy atom. The summed E-state index contributed by atoms with van der Waals surface area (Å²) in [7, 11) is -2.18. The molecule has 10 heteroatoms. The van der Waals surface area contributed by atoms with Crippen molar-refractivity contribution in [1.82, 2.24) is 14.4 Å². The average molecular weight is 593 g/mol. The average Bonchev–Trinajstić information content (AvgIpc) is 3.37. The predicted octanol–water partition coefficient (Wildman–Crippen LogP) is 4.84. The molecule has 9 nitrogen and oxygen atoms in total. The van der Waals surface area contributed by atoms with Crippen LogP contribution < -0.4 is 9.64 Å². The van der Waals surface area contributed by atoms with Crippen LogP contribution in [-0.2, 0) is 14.8 Å². The third-order valence-electron chi connectivity index (χ3n) is 8.39. The summed E-state index contributed by atoms with van der Waals surface area (Å²) in [4.78, 5) is 17.6. The molecule has 2 aliphatic heterocycles. The maximum Gasteiger partial charge on any atom is 0.248 e. The second-order valence-corrected chi connectivity index (χ2v) is 13.1. The largest absolute Gasteiger partial charge is 0.495 e. The molecule has 224 valence electrons. The summed E-state index contributed by atoms with van der Waals surface area (Å²) in [6.45, 7) is 11.1. The van der Waals surface area contributed by atoms with E-state index in [9.17, 15) is 13.2 Å². The smallest absolute Gasteiger partial charge is 0.248 e. The zero-order chi connectivity index (χ0) is 30.0. The number of piperazine rings is 1. The predicted molar refractivity (Wildman–Crippen MR) is 164 cm³/mol. The van der Waals surface area contributed by atoms with Crippen molar-refractivity contribution in [3.05, 3.63) is 70.1 Å². The number of anilines is 1. The minimum Gasteiger partial charge on any atom is -0.495 e. The molecule has 0 saturated carbocycles. The van der Waals surface area contributed by atoms with Crippen molar-refractivity contribution in [2.45, 2.75) is 45.4 Å². The number of nitrogens with zero attached hydrogens (tertiary/aromatic N) is 4. The molecular weight excluding hydrogens is 552 g/mol. The zero-order valence-electron chi connectivity index (χ0n) is 25.1. The molecule has 2 aromatic carbocycles. The molecule has 0 atom stereocenters. The third-order valence-corrected chi connectivity index (χ3v) is 10.4. The van der Waals surface area contributed by atoms with Gasteiger partial charge in [0.15, 0.2) is 10.7 Å². The molecule has 5 rings (SSSR count). The van der Waals surface area contributed by atoms with Gasteiger partial charge in [0.2, 0.25) is 15.9 Å². The number of benzene rings is 2. The van der Waals surface area contributed by atoms with E-state index in [0.29, 0.717) is 31.6 Å². The van der Waals surface area contributed by atoms with Gasteiger partial charge in [-0.05, 0) is 75.4 Å². The van der Waals surface area contributed by atoms with Gasteiger partial charge in [0.25, 0.3) is 0 Å². The Bertz CT molecular complexity index is 1560. The summed E-state index contributed by atoms with van der Waals surface area (Å²) >= 11 is 0. The molecule has 0 unspecified atom stereocenters. The molecule has 3 heterocycles. The zero-order valence-corrected chi connectivity index (χ0v) is 25.9. The molecule has 1 aromatic heterocycles. The topological polar surface area (TPSA) is 96.2 Å². The van der Waals surface area contributed by atoms with Gasteiger partial charge in [0.05, 0.1) is 12.8 Å². The SMILES string of the molecule is COc1ccccc1N1CCN(C(=O)C2CCN(S(=O)(=O)c3c(C)noc3/C=C/c3c(C)cc(C)cc3C)CC2)CC1. The highest BCUT2D eigenvalue weighted by molar-refractivity contribution is 7.89. The number of ether oxygens (including phenoxy) is 1. The number of carbonyl (C=O) groups is 1. The van der Waals surface area contributed by atoms with E-state index in [1.807, 2.05) is 49.1 Å². The van der Waals surface area contributed by atoms with E-state index in [1.165, 1.54) is 9.87 Å². The van der Waals surface area contributed by atoms with Crippen molar-refractivity contribution in [3.63, 3.8) is 0 Å². The molecule has 0 N–H and O–H groups in total. The van der Waals surface area contributed by atoms with E-state index in [0.717, 1.165) is 41.2 Å². The maximum absolute atomic E-state index is 13.8. The molecule has 42 heavy (non-hydrogen) atoms. The second-order valence-electron chi connectivity index (χ2n) is 11.3. The van der Waals surface area contributed by atoms with Crippen molar-refractivity contribution in [3.8, 4) is 5.75 Å². The number of amides is 1. The third kappa shape index (κ3) is 5.96. The summed E-state index contributed by atoms with van der Waals surface area (Å²) in [5.74, 6) is 0.968. The van der Waals surface area contributed by atoms with Crippen LogP contribution in [0.2, 0.25) is 0 Å². The van der Waals surface area contributed by atoms with E-state index in [-0.39, 0.29) is 35.6 Å². The molecule has 2 aliphatic rings. The molecule has 0 bridgehead atoms. The van der Waals surface area contributed by atoms with Crippen LogP contribution in [0.15, 0.2) is 45.8 Å². The van der Waals surface area contributed by atoms with Gasteiger partial charge in [-0.2, -0.15) is 4.31 Å². The fraction of sp³-hybridized carbons (Fsp3) is 0.438. The molecule has 0 spiro atoms. The minimum atomic E-state index is -3.85. The summed E-state index contributed by atoms with van der Waals surface area (Å²) in [6.07, 6.45) is 4.56. The lowest BCUT2D eigenvalue weighted by Crippen LogP contribution is -2.52. The Labute approximate surface area is 248 Å². The number of piperidine rings is 1. The van der Waals surface area contributed by atoms with Gasteiger partial charge >= 0.3 is 0 Å². The Balaban J connectivity index is 1.22. The van der Waals surface area contributed by atoms with Gasteiger partial charge in [-0.15, -0.1) is 0 Å². The van der Waals surface area contributed by atoms with Crippen LogP contribution >= 0.6 is 0 Å². The van der Waals surface area contributed by atoms with Crippen LogP contribution in [0, 0.1) is 33.6 Å². The van der Waals surface area contributed by atoms with Gasteiger partial charge in [0, 0.05) is 45.2 Å². The Kier molecular flexibility index (Phi) is 8.75. The van der Waals surface area contributed by atoms with Gasteiger partial charge < -0.3 is 19.1 Å². The van der Waals surface area contributed by atoms with Gasteiger partial charge in [-0.25, -0.2) is 8.42 Å². The number of aromatic nitrogens is 1. The summed E-state index contributed by atoms with van der Waals surface area (Å²) in [6, 6.07) is 12.1. The van der Waals surface area contributed by atoms with Crippen LogP contribution in [0.1, 0.15) is 46.5 Å². The van der Waals surface area contributed by atoms with Crippen molar-refractivity contribution in [1.29, 1.82) is 0 Å². The Morgan fingerprint density at radius 3 is 2.24 bits per heavy atom. The van der Waals surface area contributed by atoms with Gasteiger partial charge in [0.1, 0.15) is 11.4 Å². The molecule has 2 fully saturated rings. The standard InChI is InChI=1S/C32H40N4O5S/c1-22-20-23(2)27(24(3)21-22)10-11-30-31(25(4)33-41-30)42(38,39)36-14-12-26(13-15-36)32(37)35-18-16-34(17-19-35)28-8-6-7-9-29(28)40-5/h6-11,20-21,26H,12-19H2,1-5H3/b11-10+. The Hall–Kier alpha value is -3.63. The lowest BCUT2D eigenvalue weighted by molar-refractivity contribution is -0.137. The van der Waals surface area contributed by atoms with Gasteiger partial charge in [-0.1, -0.05) is 41.1 Å². The van der Waals surface area contributed by atoms with Crippen molar-refractivity contribution >= 4 is 33.8 Å². The summed E-state index contributed by atoms with van der Waals surface area (Å²) in [5.41, 5.74) is 5.79. The summed E-state index contributed by atoms with van der Waals surface area (Å²) < 4.78 is 40.0. The number of sulfonamides is 1. The lowest BCUT2D eigenvalue weighted by Gasteiger charge is -2.39. The van der Waals surface area contributed by atoms with E-state index in [2.05, 4.69) is 29.1 Å². The van der Waals surface area contributed by atoms with Crippen molar-refractivity contribution in [2.75, 3.05) is 51.3 Å². The van der Waals surface area contributed by atoms with E-state index in [1.54, 1.807) is 20.1 Å². The molecule has 0 radical (unpaired) electrons. The second kappa shape index (κ2) is 12.3. The maximum atomic E-state index is 13.8. The fourth-order valence-electron chi connectivity index (χ4n) is 6.20. The van der Waals surface area contributed by atoms with Crippen LogP contribution in [0.3, 0.4) is 0 Å². The Morgan fingerprint density at radius 2 is 1.60 bits per heavy atom. The lowest BCUT2D eigenvalue weighted by atomic mass is 9.96. The first-order chi connectivity index (χ1) is 20.1. The van der Waals surface area contributed by atoms with Crippen molar-refractivity contribution < 1.29 is 22.5 Å². The number of rotatable bonds is 7. The van der Waals surface area contributed by atoms with Gasteiger partial charge in [-0.3, -0.25) is 4.79 Å². The van der Waals surface area contributed by atoms with Crippen LogP contribution in [0.25, 0.3) is 12.2 Å². The number of hydrogen-bond donors (Lipinski definition) is 0. The highest BCUT2D eigenvalue weighted by Crippen LogP contribution is 2.32. The highest BCUT2D eigenvalue weighted by atomic mass is 32.2. The van der Waals surface area contributed by atoms with Crippen LogP contribution in [0.4, 0.5) is 5.69 Å². The monoisotopic (exact) mass is 592 g/mol. The molecule has 3 aromatic rings. The molecule has 1 amide bonds. The van der Waals surface area contributed by atoms with Crippen molar-refractivity contribution in [2.24, 2.45) is 5.92 Å². The number of hydrogen-bond acceptors (Lipinski definition) is 7. The molecule has 0 aliphatic carbocycles. The summed E-state index contributed by atoms with van der Waals surface area (Å²) in [5, 5.41) is 3.99. The van der Waals surface area contributed by atoms with Crippen LogP contribution in [-0.4, -0.2) is 75.1 Å². The first-order valence-corrected chi connectivity index (χ1v) is 15.9. The molecule has 2 saturated heterocycles. The quantitative estimate of drug-likeness (QED) is 0.388. The first-order valence-electron chi connectivity index (χ1n) is 14.5.